The molecule has 3 aliphatic heterocycles. The van der Waals surface area contributed by atoms with E-state index >= 15 is 0 Å². The molecule has 0 radical (unpaired) electrons. The first kappa shape index (κ1) is 35.0. The number of carbonyl (C=O) groups is 4. The Balaban J connectivity index is 1.03. The van der Waals surface area contributed by atoms with Gasteiger partial charge in [-0.2, -0.15) is 5.10 Å². The summed E-state index contributed by atoms with van der Waals surface area (Å²) in [6.07, 6.45) is 4.34. The highest BCUT2D eigenvalue weighted by molar-refractivity contribution is 5.89. The lowest BCUT2D eigenvalue weighted by Crippen LogP contribution is -2.54. The molecule has 7 rings (SSSR count). The number of likely N-dealkylation sites (tertiary alicyclic amines) is 3. The van der Waals surface area contributed by atoms with Crippen LogP contribution < -0.4 is 16.2 Å². The van der Waals surface area contributed by atoms with Gasteiger partial charge in [0.2, 0.25) is 11.8 Å². The van der Waals surface area contributed by atoms with Gasteiger partial charge in [0.1, 0.15) is 12.1 Å². The van der Waals surface area contributed by atoms with Gasteiger partial charge in [0.05, 0.1) is 11.7 Å². The zero-order chi connectivity index (χ0) is 36.6. The predicted octanol–water partition coefficient (Wildman–Crippen LogP) is 3.71. The molecule has 4 aromatic rings. The lowest BCUT2D eigenvalue weighted by atomic mass is 9.77. The average molecular weight is 711 g/mol. The van der Waals surface area contributed by atoms with E-state index in [0.717, 1.165) is 44.9 Å². The molecule has 5 N–H and O–H groups in total. The number of pyridine rings is 1. The van der Waals surface area contributed by atoms with Crippen molar-refractivity contribution in [2.45, 2.75) is 70.4 Å². The molecular formula is C38H46N8O6. The van der Waals surface area contributed by atoms with Crippen LogP contribution in [0.5, 0.6) is 0 Å². The number of H-pyrrole nitrogens is 2. The summed E-state index contributed by atoms with van der Waals surface area (Å²) in [4.78, 5) is 73.3. The van der Waals surface area contributed by atoms with Gasteiger partial charge in [0.25, 0.3) is 5.56 Å². The maximum atomic E-state index is 14.3. The summed E-state index contributed by atoms with van der Waals surface area (Å²) in [5.74, 6) is -0.354. The van der Waals surface area contributed by atoms with Crippen LogP contribution in [-0.2, 0) is 16.0 Å². The number of para-hydroxylation sites is 1. The number of benzene rings is 2. The number of aryl methyl sites for hydroxylation is 1. The molecule has 5 amide bonds. The van der Waals surface area contributed by atoms with Gasteiger partial charge in [-0.1, -0.05) is 24.3 Å². The lowest BCUT2D eigenvalue weighted by Gasteiger charge is -2.40. The van der Waals surface area contributed by atoms with Crippen LogP contribution in [0.25, 0.3) is 21.8 Å². The molecule has 14 nitrogen and oxygen atoms in total. The standard InChI is InChI=1S/C38H46N8O6/c1-23-17-25(18-28-21-39-43-32(23)28)19-31(35(49)46-16-11-38(22-46)9-14-44(15-10-38)34(48)24(2)40-37(51)52)42-36(50)45-12-7-26(8-13-45)29-20-27-5-3-4-6-30(27)41-33(29)47/h3-6,17-18,20-21,24,26,31,40H,7-16,19,22H2,1-2H3,(H,39,43)(H,41,47)(H,42,50)(H,51,52)/t24-,31-/m1/s1. The van der Waals surface area contributed by atoms with Gasteiger partial charge in [-0.3, -0.25) is 19.5 Å². The number of aromatic nitrogens is 3. The normalized spacial score (nSPS) is 18.8. The monoisotopic (exact) mass is 710 g/mol. The minimum absolute atomic E-state index is 0.0265. The van der Waals surface area contributed by atoms with Crippen LogP contribution in [0.3, 0.4) is 0 Å². The van der Waals surface area contributed by atoms with Gasteiger partial charge in [-0.15, -0.1) is 0 Å². The van der Waals surface area contributed by atoms with E-state index in [1.165, 1.54) is 0 Å². The molecular weight excluding hydrogens is 664 g/mol. The van der Waals surface area contributed by atoms with E-state index in [4.69, 9.17) is 5.11 Å². The van der Waals surface area contributed by atoms with Crippen LogP contribution in [0.15, 0.2) is 53.5 Å². The molecule has 14 heteroatoms. The quantitative estimate of drug-likeness (QED) is 0.194. The number of carbonyl (C=O) groups excluding carboxylic acids is 3. The minimum atomic E-state index is -1.23. The molecule has 52 heavy (non-hydrogen) atoms. The first-order chi connectivity index (χ1) is 25.0. The van der Waals surface area contributed by atoms with Crippen molar-refractivity contribution in [3.8, 4) is 0 Å². The summed E-state index contributed by atoms with van der Waals surface area (Å²) < 4.78 is 0. The largest absolute Gasteiger partial charge is 0.465 e. The molecule has 0 aliphatic carbocycles. The summed E-state index contributed by atoms with van der Waals surface area (Å²) in [6.45, 7) is 6.56. The highest BCUT2D eigenvalue weighted by Crippen LogP contribution is 2.41. The highest BCUT2D eigenvalue weighted by Gasteiger charge is 2.44. The zero-order valence-electron chi connectivity index (χ0n) is 29.6. The van der Waals surface area contributed by atoms with E-state index < -0.39 is 18.2 Å². The zero-order valence-corrected chi connectivity index (χ0v) is 29.6. The fourth-order valence-electron chi connectivity index (χ4n) is 8.44. The number of piperidine rings is 2. The molecule has 2 aromatic heterocycles. The highest BCUT2D eigenvalue weighted by atomic mass is 16.4. The molecule has 3 fully saturated rings. The number of hydrogen-bond donors (Lipinski definition) is 5. The number of nitrogens with one attached hydrogen (secondary N) is 4. The second-order valence-corrected chi connectivity index (χ2v) is 14.9. The second kappa shape index (κ2) is 14.3. The van der Waals surface area contributed by atoms with Crippen molar-refractivity contribution < 1.29 is 24.3 Å². The molecule has 0 saturated carbocycles. The Morgan fingerprint density at radius 2 is 1.63 bits per heavy atom. The number of hydrogen-bond acceptors (Lipinski definition) is 6. The van der Waals surface area contributed by atoms with Crippen LogP contribution in [0.1, 0.15) is 61.6 Å². The van der Waals surface area contributed by atoms with Crippen molar-refractivity contribution in [3.63, 3.8) is 0 Å². The van der Waals surface area contributed by atoms with Gasteiger partial charge in [0.15, 0.2) is 0 Å². The lowest BCUT2D eigenvalue weighted by molar-refractivity contribution is -0.136. The van der Waals surface area contributed by atoms with Crippen LogP contribution in [0.2, 0.25) is 0 Å². The molecule has 3 saturated heterocycles. The maximum absolute atomic E-state index is 14.3. The first-order valence-electron chi connectivity index (χ1n) is 18.2. The Morgan fingerprint density at radius 1 is 0.923 bits per heavy atom. The summed E-state index contributed by atoms with van der Waals surface area (Å²) in [7, 11) is 0. The van der Waals surface area contributed by atoms with Crippen LogP contribution in [-0.4, -0.2) is 110 Å². The number of amides is 5. The summed E-state index contributed by atoms with van der Waals surface area (Å²) in [5, 5.41) is 23.5. The van der Waals surface area contributed by atoms with Crippen molar-refractivity contribution >= 4 is 45.7 Å². The third kappa shape index (κ3) is 7.19. The molecule has 0 bridgehead atoms. The molecule has 3 aliphatic rings. The predicted molar refractivity (Wildman–Crippen MR) is 195 cm³/mol. The van der Waals surface area contributed by atoms with Gasteiger partial charge in [0, 0.05) is 62.2 Å². The van der Waals surface area contributed by atoms with Gasteiger partial charge >= 0.3 is 12.1 Å². The van der Waals surface area contributed by atoms with Crippen molar-refractivity contribution in [2.24, 2.45) is 5.41 Å². The SMILES string of the molecule is Cc1cc(C[C@@H](NC(=O)N2CCC(c3cc4ccccc4[nH]c3=O)CC2)C(=O)N2CCC3(CCN(C(=O)[C@@H](C)NC(=O)O)CC3)C2)cc2cn[nH]c12. The molecule has 5 heterocycles. The van der Waals surface area contributed by atoms with Gasteiger partial charge in [-0.05, 0) is 92.0 Å². The van der Waals surface area contributed by atoms with E-state index in [1.807, 2.05) is 54.3 Å². The minimum Gasteiger partial charge on any atom is -0.465 e. The molecule has 0 unspecified atom stereocenters. The number of nitrogens with zero attached hydrogens (tertiary/aromatic N) is 4. The smallest absolute Gasteiger partial charge is 0.405 e. The third-order valence-corrected chi connectivity index (χ3v) is 11.4. The molecule has 274 valence electrons. The fourth-order valence-corrected chi connectivity index (χ4v) is 8.44. The average Bonchev–Trinajstić information content (AvgIpc) is 3.78. The Labute approximate surface area is 300 Å². The number of rotatable bonds is 7. The number of fused-ring (bicyclic) bond motifs is 2. The van der Waals surface area contributed by atoms with Crippen molar-refractivity contribution in [2.75, 3.05) is 39.3 Å². The van der Waals surface area contributed by atoms with Gasteiger partial charge < -0.3 is 35.4 Å². The van der Waals surface area contributed by atoms with Crippen molar-refractivity contribution in [1.82, 2.24) is 40.5 Å². The van der Waals surface area contributed by atoms with Crippen LogP contribution >= 0.6 is 0 Å². The maximum Gasteiger partial charge on any atom is 0.405 e. The van der Waals surface area contributed by atoms with Crippen LogP contribution in [0, 0.1) is 12.3 Å². The molecule has 2 aromatic carbocycles. The van der Waals surface area contributed by atoms with Crippen molar-refractivity contribution in [3.05, 3.63) is 75.7 Å². The number of urea groups is 1. The topological polar surface area (TPSA) is 184 Å². The van der Waals surface area contributed by atoms with Crippen LogP contribution in [0.4, 0.5) is 9.59 Å². The Bertz CT molecular complexity index is 2060. The van der Waals surface area contributed by atoms with Gasteiger partial charge in [-0.25, -0.2) is 9.59 Å². The Morgan fingerprint density at radius 3 is 2.37 bits per heavy atom. The second-order valence-electron chi connectivity index (χ2n) is 14.9. The van der Waals surface area contributed by atoms with E-state index in [0.29, 0.717) is 71.4 Å². The number of carboxylic acid groups (broad SMARTS) is 1. The Kier molecular flexibility index (Phi) is 9.64. The van der Waals surface area contributed by atoms with E-state index in [9.17, 15) is 24.0 Å². The van der Waals surface area contributed by atoms with E-state index in [-0.39, 0.29) is 34.7 Å². The van der Waals surface area contributed by atoms with E-state index in [1.54, 1.807) is 22.9 Å². The molecule has 2 atom stereocenters. The van der Waals surface area contributed by atoms with Crippen molar-refractivity contribution in [1.29, 1.82) is 0 Å². The summed E-state index contributed by atoms with van der Waals surface area (Å²) in [6, 6.07) is 11.8. The fraction of sp³-hybridized carbons (Fsp3) is 0.474. The van der Waals surface area contributed by atoms with E-state index in [2.05, 4.69) is 25.8 Å². The molecule has 1 spiro atoms. The first-order valence-corrected chi connectivity index (χ1v) is 18.2. The Hall–Kier alpha value is -5.40. The summed E-state index contributed by atoms with van der Waals surface area (Å²) >= 11 is 0. The number of aromatic amines is 2. The third-order valence-electron chi connectivity index (χ3n) is 11.4. The summed E-state index contributed by atoms with van der Waals surface area (Å²) in [5.41, 5.74) is 4.16.